The summed E-state index contributed by atoms with van der Waals surface area (Å²) in [6.45, 7) is 1.77. The monoisotopic (exact) mass is 289 g/mol. The van der Waals surface area contributed by atoms with Crippen LogP contribution in [-0.4, -0.2) is 33.2 Å². The van der Waals surface area contributed by atoms with E-state index in [9.17, 15) is 9.59 Å². The maximum absolute atomic E-state index is 12.3. The fourth-order valence-electron chi connectivity index (χ4n) is 2.34. The second-order valence-electron chi connectivity index (χ2n) is 5.36. The van der Waals surface area contributed by atoms with Crippen LogP contribution in [0.1, 0.15) is 35.3 Å². The van der Waals surface area contributed by atoms with Gasteiger partial charge in [-0.05, 0) is 31.7 Å². The minimum atomic E-state index is -0.907. The van der Waals surface area contributed by atoms with Gasteiger partial charge in [-0.1, -0.05) is 5.16 Å². The highest BCUT2D eigenvalue weighted by atomic mass is 16.5. The highest BCUT2D eigenvalue weighted by Gasteiger charge is 2.34. The Bertz CT molecular complexity index is 705. The number of nitrogens with one attached hydrogen (secondary N) is 1. The minimum Gasteiger partial charge on any atom is -0.481 e. The molecule has 0 bridgehead atoms. The summed E-state index contributed by atoms with van der Waals surface area (Å²) in [4.78, 5) is 27.2. The number of nitrogens with zero attached hydrogens (tertiary/aromatic N) is 2. The molecule has 1 aliphatic carbocycles. The van der Waals surface area contributed by atoms with Gasteiger partial charge in [0, 0.05) is 12.2 Å². The molecule has 1 amide bonds. The zero-order chi connectivity index (χ0) is 15.0. The molecule has 1 aliphatic rings. The van der Waals surface area contributed by atoms with Crippen molar-refractivity contribution in [2.75, 3.05) is 0 Å². The van der Waals surface area contributed by atoms with Crippen molar-refractivity contribution in [3.8, 4) is 0 Å². The number of carboxylic acid groups (broad SMARTS) is 1. The van der Waals surface area contributed by atoms with Crippen LogP contribution in [-0.2, 0) is 4.79 Å². The lowest BCUT2D eigenvalue weighted by Gasteiger charge is -2.16. The van der Waals surface area contributed by atoms with E-state index >= 15 is 0 Å². The summed E-state index contributed by atoms with van der Waals surface area (Å²) in [6.07, 6.45) is 3.27. The Morgan fingerprint density at radius 3 is 2.95 bits per heavy atom. The van der Waals surface area contributed by atoms with E-state index in [1.54, 1.807) is 13.0 Å². The van der Waals surface area contributed by atoms with E-state index in [1.807, 2.05) is 0 Å². The SMILES string of the molecule is Cc1noc2ncc(C(=O)NC(CC(=O)O)C3CC3)cc12. The van der Waals surface area contributed by atoms with Crippen LogP contribution in [0, 0.1) is 12.8 Å². The summed E-state index contributed by atoms with van der Waals surface area (Å²) < 4.78 is 4.99. The van der Waals surface area contributed by atoms with Crippen molar-refractivity contribution in [1.29, 1.82) is 0 Å². The fraction of sp³-hybridized carbons (Fsp3) is 0.429. The molecule has 0 radical (unpaired) electrons. The van der Waals surface area contributed by atoms with Gasteiger partial charge in [-0.25, -0.2) is 4.98 Å². The number of aromatic nitrogens is 2. The molecule has 21 heavy (non-hydrogen) atoms. The molecule has 0 spiro atoms. The lowest BCUT2D eigenvalue weighted by atomic mass is 10.1. The molecule has 1 saturated carbocycles. The van der Waals surface area contributed by atoms with Crippen molar-refractivity contribution >= 4 is 23.0 Å². The van der Waals surface area contributed by atoms with Crippen molar-refractivity contribution in [1.82, 2.24) is 15.5 Å². The molecule has 0 aromatic carbocycles. The molecule has 0 aliphatic heterocycles. The first-order chi connectivity index (χ1) is 10.0. The molecule has 2 aromatic rings. The first-order valence-corrected chi connectivity index (χ1v) is 6.79. The molecule has 1 unspecified atom stereocenters. The van der Waals surface area contributed by atoms with Crippen molar-refractivity contribution in [3.63, 3.8) is 0 Å². The van der Waals surface area contributed by atoms with Gasteiger partial charge in [0.15, 0.2) is 0 Å². The molecule has 2 aromatic heterocycles. The number of aliphatic carboxylic acids is 1. The molecule has 7 heteroatoms. The van der Waals surface area contributed by atoms with Crippen molar-refractivity contribution in [2.24, 2.45) is 5.92 Å². The highest BCUT2D eigenvalue weighted by Crippen LogP contribution is 2.34. The van der Waals surface area contributed by atoms with Gasteiger partial charge in [-0.15, -0.1) is 0 Å². The zero-order valence-electron chi connectivity index (χ0n) is 11.5. The Balaban J connectivity index is 1.78. The van der Waals surface area contributed by atoms with Crippen LogP contribution in [0.2, 0.25) is 0 Å². The van der Waals surface area contributed by atoms with Crippen LogP contribution < -0.4 is 5.32 Å². The highest BCUT2D eigenvalue weighted by molar-refractivity contribution is 5.97. The zero-order valence-corrected chi connectivity index (χ0v) is 11.5. The van der Waals surface area contributed by atoms with E-state index < -0.39 is 5.97 Å². The Kier molecular flexibility index (Phi) is 3.32. The molecule has 3 rings (SSSR count). The second-order valence-corrected chi connectivity index (χ2v) is 5.36. The van der Waals surface area contributed by atoms with E-state index in [1.165, 1.54) is 6.20 Å². The van der Waals surface area contributed by atoms with Crippen molar-refractivity contribution < 1.29 is 19.2 Å². The summed E-state index contributed by atoms with van der Waals surface area (Å²) in [7, 11) is 0. The van der Waals surface area contributed by atoms with Gasteiger partial charge in [0.25, 0.3) is 11.6 Å². The molecule has 7 nitrogen and oxygen atoms in total. The first kappa shape index (κ1) is 13.5. The molecule has 1 fully saturated rings. The number of hydrogen-bond donors (Lipinski definition) is 2. The largest absolute Gasteiger partial charge is 0.481 e. The number of carbonyl (C=O) groups is 2. The van der Waals surface area contributed by atoms with Crippen LogP contribution in [0.15, 0.2) is 16.8 Å². The summed E-state index contributed by atoms with van der Waals surface area (Å²) in [6, 6.07) is 1.34. The number of carboxylic acids is 1. The molecule has 110 valence electrons. The maximum Gasteiger partial charge on any atom is 0.305 e. The number of pyridine rings is 1. The molecule has 2 heterocycles. The molecular weight excluding hydrogens is 274 g/mol. The molecule has 2 N–H and O–H groups in total. The predicted octanol–water partition coefficient (Wildman–Crippen LogP) is 1.51. The summed E-state index contributed by atoms with van der Waals surface area (Å²) in [5.41, 5.74) is 1.43. The van der Waals surface area contributed by atoms with Crippen LogP contribution >= 0.6 is 0 Å². The van der Waals surface area contributed by atoms with Crippen molar-refractivity contribution in [2.45, 2.75) is 32.2 Å². The number of carbonyl (C=O) groups excluding carboxylic acids is 1. The third-order valence-electron chi connectivity index (χ3n) is 3.67. The van der Waals surface area contributed by atoms with Gasteiger partial charge in [0.2, 0.25) is 0 Å². The molecule has 1 atom stereocenters. The minimum absolute atomic E-state index is 0.0572. The van der Waals surface area contributed by atoms with Crippen LogP contribution in [0.3, 0.4) is 0 Å². The van der Waals surface area contributed by atoms with E-state index in [0.717, 1.165) is 12.8 Å². The third kappa shape index (κ3) is 2.86. The van der Waals surface area contributed by atoms with E-state index in [4.69, 9.17) is 9.63 Å². The predicted molar refractivity (Wildman–Crippen MR) is 72.8 cm³/mol. The van der Waals surface area contributed by atoms with Crippen molar-refractivity contribution in [3.05, 3.63) is 23.5 Å². The Labute approximate surface area is 120 Å². The van der Waals surface area contributed by atoms with Gasteiger partial charge >= 0.3 is 5.97 Å². The number of amides is 1. The lowest BCUT2D eigenvalue weighted by molar-refractivity contribution is -0.137. The topological polar surface area (TPSA) is 105 Å². The smallest absolute Gasteiger partial charge is 0.305 e. The summed E-state index contributed by atoms with van der Waals surface area (Å²) >= 11 is 0. The lowest BCUT2D eigenvalue weighted by Crippen LogP contribution is -2.38. The summed E-state index contributed by atoms with van der Waals surface area (Å²) in [5, 5.41) is 16.2. The van der Waals surface area contributed by atoms with Gasteiger partial charge in [-0.2, -0.15) is 0 Å². The van der Waals surface area contributed by atoms with Gasteiger partial charge < -0.3 is 14.9 Å². The van der Waals surface area contributed by atoms with Gasteiger partial charge in [-0.3, -0.25) is 9.59 Å². The number of fused-ring (bicyclic) bond motifs is 1. The Morgan fingerprint density at radius 1 is 1.52 bits per heavy atom. The van der Waals surface area contributed by atoms with Crippen LogP contribution in [0.25, 0.3) is 11.1 Å². The van der Waals surface area contributed by atoms with E-state index in [2.05, 4.69) is 15.5 Å². The Morgan fingerprint density at radius 2 is 2.29 bits per heavy atom. The fourth-order valence-corrected chi connectivity index (χ4v) is 2.34. The average molecular weight is 289 g/mol. The number of hydrogen-bond acceptors (Lipinski definition) is 5. The Hall–Kier alpha value is -2.44. The molecular formula is C14H15N3O4. The first-order valence-electron chi connectivity index (χ1n) is 6.79. The van der Waals surface area contributed by atoms with Gasteiger partial charge in [0.1, 0.15) is 0 Å². The maximum atomic E-state index is 12.3. The third-order valence-corrected chi connectivity index (χ3v) is 3.67. The van der Waals surface area contributed by atoms with Gasteiger partial charge in [0.05, 0.1) is 23.1 Å². The van der Waals surface area contributed by atoms with E-state index in [-0.39, 0.29) is 24.3 Å². The second kappa shape index (κ2) is 5.16. The molecule has 0 saturated heterocycles. The van der Waals surface area contributed by atoms with Crippen LogP contribution in [0.5, 0.6) is 0 Å². The van der Waals surface area contributed by atoms with Crippen LogP contribution in [0.4, 0.5) is 0 Å². The quantitative estimate of drug-likeness (QED) is 0.864. The normalized spacial score (nSPS) is 15.9. The average Bonchev–Trinajstić information content (AvgIpc) is 3.22. The number of aryl methyl sites for hydroxylation is 1. The number of rotatable bonds is 5. The van der Waals surface area contributed by atoms with E-state index in [0.29, 0.717) is 22.4 Å². The standard InChI is InChI=1S/C14H15N3O4/c1-7-10-4-9(6-15-14(10)21-17-7)13(20)16-11(5-12(18)19)8-2-3-8/h4,6,8,11H,2-3,5H2,1H3,(H,16,20)(H,18,19). The summed E-state index contributed by atoms with van der Waals surface area (Å²) in [5.74, 6) is -0.960.